The highest BCUT2D eigenvalue weighted by atomic mass is 19.2. The average Bonchev–Trinajstić information content (AvgIpc) is 3.13. The van der Waals surface area contributed by atoms with Gasteiger partial charge in [-0.05, 0) is 54.1 Å². The fourth-order valence-corrected chi connectivity index (χ4v) is 3.53. The second-order valence-corrected chi connectivity index (χ2v) is 7.16. The molecule has 1 heterocycles. The number of cyclic esters (lactones) is 1. The van der Waals surface area contributed by atoms with Crippen LogP contribution in [0.15, 0.2) is 66.7 Å². The van der Waals surface area contributed by atoms with Gasteiger partial charge in [-0.15, -0.1) is 0 Å². The summed E-state index contributed by atoms with van der Waals surface area (Å²) in [4.78, 5) is 13.9. The predicted molar refractivity (Wildman–Crippen MR) is 108 cm³/mol. The molecule has 4 rings (SSSR count). The molecule has 1 amide bonds. The van der Waals surface area contributed by atoms with E-state index in [-0.39, 0.29) is 5.75 Å². The van der Waals surface area contributed by atoms with E-state index in [0.29, 0.717) is 11.3 Å². The highest BCUT2D eigenvalue weighted by Crippen LogP contribution is 2.39. The number of hydrogen-bond acceptors (Lipinski definition) is 5. The summed E-state index contributed by atoms with van der Waals surface area (Å²) in [6.45, 7) is -0.496. The summed E-state index contributed by atoms with van der Waals surface area (Å²) >= 11 is 0. The van der Waals surface area contributed by atoms with E-state index in [0.717, 1.165) is 6.07 Å². The number of ether oxygens (including phenoxy) is 2. The van der Waals surface area contributed by atoms with Crippen molar-refractivity contribution >= 4 is 11.8 Å². The number of aromatic hydroxyl groups is 1. The predicted octanol–water partition coefficient (Wildman–Crippen LogP) is 4.32. The van der Waals surface area contributed by atoms with E-state index in [9.17, 15) is 28.2 Å². The largest absolute Gasteiger partial charge is 0.508 e. The molecular formula is C23H18F3NO5. The minimum atomic E-state index is -1.43. The molecule has 1 aliphatic rings. The van der Waals surface area contributed by atoms with Crippen LogP contribution in [0.5, 0.6) is 11.5 Å². The number of aliphatic hydroxyl groups is 1. The highest BCUT2D eigenvalue weighted by molar-refractivity contribution is 5.91. The van der Waals surface area contributed by atoms with Crippen molar-refractivity contribution in [2.24, 2.45) is 0 Å². The van der Waals surface area contributed by atoms with E-state index in [1.165, 1.54) is 53.4 Å². The molecule has 0 radical (unpaired) electrons. The Hall–Kier alpha value is -3.72. The highest BCUT2D eigenvalue weighted by Gasteiger charge is 2.47. The van der Waals surface area contributed by atoms with Crippen molar-refractivity contribution in [3.63, 3.8) is 0 Å². The van der Waals surface area contributed by atoms with Crippen molar-refractivity contribution in [2.45, 2.75) is 18.2 Å². The van der Waals surface area contributed by atoms with Crippen molar-refractivity contribution < 1.29 is 37.7 Å². The second kappa shape index (κ2) is 8.80. The number of benzene rings is 3. The summed E-state index contributed by atoms with van der Waals surface area (Å²) < 4.78 is 51.3. The van der Waals surface area contributed by atoms with Crippen LogP contribution in [0.3, 0.4) is 0 Å². The Balaban J connectivity index is 1.63. The fourth-order valence-electron chi connectivity index (χ4n) is 3.53. The van der Waals surface area contributed by atoms with Gasteiger partial charge in [0.15, 0.2) is 17.7 Å². The maximum atomic E-state index is 13.9. The number of halogens is 3. The normalized spacial score (nSPS) is 19.0. The Morgan fingerprint density at radius 3 is 2.38 bits per heavy atom. The Morgan fingerprint density at radius 1 is 1.00 bits per heavy atom. The molecule has 166 valence electrons. The van der Waals surface area contributed by atoms with E-state index in [1.807, 2.05) is 0 Å². The van der Waals surface area contributed by atoms with Gasteiger partial charge in [-0.25, -0.2) is 13.6 Å². The molecule has 0 bridgehead atoms. The van der Waals surface area contributed by atoms with Crippen LogP contribution in [0.4, 0.5) is 23.7 Å². The van der Waals surface area contributed by atoms with Crippen molar-refractivity contribution in [3.05, 3.63) is 89.7 Å². The molecule has 0 aromatic heterocycles. The topological polar surface area (TPSA) is 79.2 Å². The molecule has 2 N–H and O–H groups in total. The van der Waals surface area contributed by atoms with Crippen LogP contribution in [0.1, 0.15) is 11.6 Å². The van der Waals surface area contributed by atoms with E-state index >= 15 is 0 Å². The number of anilines is 1. The van der Waals surface area contributed by atoms with Crippen LogP contribution in [0, 0.1) is 17.5 Å². The van der Waals surface area contributed by atoms with Crippen LogP contribution < -0.4 is 9.64 Å². The van der Waals surface area contributed by atoms with Gasteiger partial charge in [-0.3, -0.25) is 4.90 Å². The zero-order chi connectivity index (χ0) is 22.8. The second-order valence-electron chi connectivity index (χ2n) is 7.16. The minimum Gasteiger partial charge on any atom is -0.508 e. The number of nitrogens with zero attached hydrogens (tertiary/aromatic N) is 1. The molecule has 1 saturated heterocycles. The van der Waals surface area contributed by atoms with Gasteiger partial charge in [-0.2, -0.15) is 4.39 Å². The lowest BCUT2D eigenvalue weighted by molar-refractivity contribution is -0.00724. The molecule has 2 unspecified atom stereocenters. The lowest BCUT2D eigenvalue weighted by Crippen LogP contribution is -2.38. The van der Waals surface area contributed by atoms with Crippen LogP contribution in [0.25, 0.3) is 0 Å². The first-order valence-electron chi connectivity index (χ1n) is 9.64. The van der Waals surface area contributed by atoms with Gasteiger partial charge in [0.25, 0.3) is 0 Å². The number of carbonyl (C=O) groups excluding carboxylic acids is 1. The molecule has 6 nitrogen and oxygen atoms in total. The van der Waals surface area contributed by atoms with E-state index < -0.39 is 54.2 Å². The summed E-state index contributed by atoms with van der Waals surface area (Å²) in [6, 6.07) is 13.5. The van der Waals surface area contributed by atoms with Crippen molar-refractivity contribution in [3.8, 4) is 11.5 Å². The SMILES string of the molecule is O=C1OC(C(O)COc2cccc(F)c2F)[C@@H](c2ccc(O)cc2)N1c1ccc(F)cc1. The van der Waals surface area contributed by atoms with Gasteiger partial charge in [0.05, 0.1) is 0 Å². The third kappa shape index (κ3) is 4.19. The van der Waals surface area contributed by atoms with Crippen LogP contribution in [-0.2, 0) is 4.74 Å². The van der Waals surface area contributed by atoms with Gasteiger partial charge in [0, 0.05) is 5.69 Å². The molecule has 0 spiro atoms. The van der Waals surface area contributed by atoms with Gasteiger partial charge in [-0.1, -0.05) is 18.2 Å². The van der Waals surface area contributed by atoms with Crippen LogP contribution in [0.2, 0.25) is 0 Å². The van der Waals surface area contributed by atoms with Gasteiger partial charge >= 0.3 is 6.09 Å². The summed E-state index contributed by atoms with van der Waals surface area (Å²) in [5.41, 5.74) is 0.834. The zero-order valence-electron chi connectivity index (χ0n) is 16.5. The van der Waals surface area contributed by atoms with E-state index in [4.69, 9.17) is 9.47 Å². The van der Waals surface area contributed by atoms with E-state index in [2.05, 4.69) is 0 Å². The quantitative estimate of drug-likeness (QED) is 0.591. The molecule has 3 atom stereocenters. The third-order valence-corrected chi connectivity index (χ3v) is 5.07. The average molecular weight is 445 g/mol. The Morgan fingerprint density at radius 2 is 1.69 bits per heavy atom. The number of phenolic OH excluding ortho intramolecular Hbond substituents is 1. The number of aliphatic hydroxyl groups excluding tert-OH is 1. The fraction of sp³-hybridized carbons (Fsp3) is 0.174. The molecule has 0 aliphatic carbocycles. The minimum absolute atomic E-state index is 0.00525. The maximum absolute atomic E-state index is 13.9. The lowest BCUT2D eigenvalue weighted by Gasteiger charge is -2.27. The molecule has 9 heteroatoms. The van der Waals surface area contributed by atoms with Crippen LogP contribution >= 0.6 is 0 Å². The lowest BCUT2D eigenvalue weighted by atomic mass is 9.96. The van der Waals surface area contributed by atoms with E-state index in [1.54, 1.807) is 12.1 Å². The first-order chi connectivity index (χ1) is 15.3. The Labute approximate surface area is 181 Å². The number of hydrogen-bond donors (Lipinski definition) is 2. The zero-order valence-corrected chi connectivity index (χ0v) is 16.5. The molecule has 1 fully saturated rings. The molecular weight excluding hydrogens is 427 g/mol. The molecule has 0 saturated carbocycles. The number of amides is 1. The smallest absolute Gasteiger partial charge is 0.415 e. The summed E-state index contributed by atoms with van der Waals surface area (Å²) in [5.74, 6) is -3.20. The molecule has 3 aromatic carbocycles. The third-order valence-electron chi connectivity index (χ3n) is 5.07. The Bertz CT molecular complexity index is 1110. The summed E-state index contributed by atoms with van der Waals surface area (Å²) in [7, 11) is 0. The monoisotopic (exact) mass is 445 g/mol. The summed E-state index contributed by atoms with van der Waals surface area (Å²) in [5, 5.41) is 20.3. The van der Waals surface area contributed by atoms with Gasteiger partial charge in [0.2, 0.25) is 5.82 Å². The van der Waals surface area contributed by atoms with Crippen molar-refractivity contribution in [1.29, 1.82) is 0 Å². The van der Waals surface area contributed by atoms with Gasteiger partial charge < -0.3 is 19.7 Å². The van der Waals surface area contributed by atoms with Crippen molar-refractivity contribution in [1.82, 2.24) is 0 Å². The van der Waals surface area contributed by atoms with Crippen molar-refractivity contribution in [2.75, 3.05) is 11.5 Å². The number of carbonyl (C=O) groups is 1. The Kier molecular flexibility index (Phi) is 5.91. The first-order valence-corrected chi connectivity index (χ1v) is 9.64. The van der Waals surface area contributed by atoms with Gasteiger partial charge in [0.1, 0.15) is 30.3 Å². The first kappa shape index (κ1) is 21.5. The maximum Gasteiger partial charge on any atom is 0.415 e. The standard InChI is InChI=1S/C23H18F3NO5/c24-14-6-8-15(9-7-14)27-21(13-4-10-16(28)11-5-13)22(32-23(27)30)18(29)12-31-19-3-1-2-17(25)20(19)26/h1-11,18,21-22,28-29H,12H2/t18?,21-,22?/m1/s1. The number of phenols is 1. The summed E-state index contributed by atoms with van der Waals surface area (Å²) in [6.07, 6.45) is -3.38. The molecule has 3 aromatic rings. The number of rotatable bonds is 6. The molecule has 1 aliphatic heterocycles. The molecule has 32 heavy (non-hydrogen) atoms. The van der Waals surface area contributed by atoms with Crippen LogP contribution in [-0.4, -0.2) is 35.1 Å².